The number of carbonyl (C=O) groups is 1. The Balaban J connectivity index is 1.98. The molecule has 2 rings (SSSR count). The molecule has 2 fully saturated rings. The standard InChI is InChI=1S/C10H17N3O/c11-10(14)13-12-9-5-4-7-2-1-3-8(9)6-7/h7-8H,1-6H2,(H3,11,13,14)/t7-,8-/m1/s1. The molecule has 4 heteroatoms. The normalized spacial score (nSPS) is 34.1. The topological polar surface area (TPSA) is 67.5 Å². The minimum absolute atomic E-state index is 0.560. The van der Waals surface area contributed by atoms with Crippen molar-refractivity contribution in [2.24, 2.45) is 22.7 Å². The van der Waals surface area contributed by atoms with Gasteiger partial charge in [0, 0.05) is 5.71 Å². The van der Waals surface area contributed by atoms with Crippen LogP contribution in [0.15, 0.2) is 5.10 Å². The van der Waals surface area contributed by atoms with E-state index in [1.54, 1.807) is 0 Å². The number of nitrogens with one attached hydrogen (secondary N) is 1. The van der Waals surface area contributed by atoms with Crippen molar-refractivity contribution >= 4 is 11.7 Å². The Labute approximate surface area is 83.9 Å². The smallest absolute Gasteiger partial charge is 0.332 e. The zero-order valence-corrected chi connectivity index (χ0v) is 8.33. The Kier molecular flexibility index (Phi) is 2.70. The molecule has 2 bridgehead atoms. The summed E-state index contributed by atoms with van der Waals surface area (Å²) in [6.45, 7) is 0. The summed E-state index contributed by atoms with van der Waals surface area (Å²) in [4.78, 5) is 10.5. The van der Waals surface area contributed by atoms with Crippen LogP contribution >= 0.6 is 0 Å². The summed E-state index contributed by atoms with van der Waals surface area (Å²) < 4.78 is 0. The van der Waals surface area contributed by atoms with Crippen LogP contribution in [0.3, 0.4) is 0 Å². The molecule has 14 heavy (non-hydrogen) atoms. The van der Waals surface area contributed by atoms with Crippen molar-refractivity contribution in [2.75, 3.05) is 0 Å². The van der Waals surface area contributed by atoms with Gasteiger partial charge in [0.05, 0.1) is 0 Å². The fraction of sp³-hybridized carbons (Fsp3) is 0.800. The predicted molar refractivity (Wildman–Crippen MR) is 54.8 cm³/mol. The summed E-state index contributed by atoms with van der Waals surface area (Å²) in [6.07, 6.45) is 7.46. The minimum Gasteiger partial charge on any atom is -0.350 e. The second kappa shape index (κ2) is 3.98. The number of carbonyl (C=O) groups excluding carboxylic acids is 1. The first-order chi connectivity index (χ1) is 6.75. The summed E-state index contributed by atoms with van der Waals surface area (Å²) in [7, 11) is 0. The number of fused-ring (bicyclic) bond motifs is 2. The zero-order valence-electron chi connectivity index (χ0n) is 8.33. The van der Waals surface area contributed by atoms with Gasteiger partial charge in [-0.05, 0) is 37.5 Å². The quantitative estimate of drug-likeness (QED) is 0.613. The third-order valence-electron chi connectivity index (χ3n) is 3.37. The van der Waals surface area contributed by atoms with Crippen LogP contribution in [0.25, 0.3) is 0 Å². The molecule has 2 aliphatic carbocycles. The van der Waals surface area contributed by atoms with E-state index in [1.807, 2.05) is 0 Å². The third kappa shape index (κ3) is 2.05. The molecule has 78 valence electrons. The van der Waals surface area contributed by atoms with Crippen molar-refractivity contribution < 1.29 is 4.79 Å². The summed E-state index contributed by atoms with van der Waals surface area (Å²) in [5.74, 6) is 1.51. The van der Waals surface area contributed by atoms with Crippen molar-refractivity contribution in [3.05, 3.63) is 0 Å². The zero-order chi connectivity index (χ0) is 9.97. The van der Waals surface area contributed by atoms with E-state index < -0.39 is 6.03 Å². The van der Waals surface area contributed by atoms with E-state index in [9.17, 15) is 4.79 Å². The lowest BCUT2D eigenvalue weighted by Gasteiger charge is -2.35. The van der Waals surface area contributed by atoms with E-state index in [-0.39, 0.29) is 0 Å². The first-order valence-electron chi connectivity index (χ1n) is 5.37. The molecule has 3 N–H and O–H groups in total. The third-order valence-corrected chi connectivity index (χ3v) is 3.37. The van der Waals surface area contributed by atoms with Crippen molar-refractivity contribution in [2.45, 2.75) is 38.5 Å². The van der Waals surface area contributed by atoms with Gasteiger partial charge in [-0.2, -0.15) is 5.10 Å². The molecule has 0 saturated heterocycles. The van der Waals surface area contributed by atoms with Crippen molar-refractivity contribution in [3.8, 4) is 0 Å². The van der Waals surface area contributed by atoms with E-state index in [2.05, 4.69) is 10.5 Å². The Morgan fingerprint density at radius 3 is 3.07 bits per heavy atom. The first kappa shape index (κ1) is 9.49. The van der Waals surface area contributed by atoms with Crippen LogP contribution in [-0.2, 0) is 0 Å². The number of hydrogen-bond acceptors (Lipinski definition) is 2. The lowest BCUT2D eigenvalue weighted by Crippen LogP contribution is -2.32. The number of primary amides is 1. The fourth-order valence-corrected chi connectivity index (χ4v) is 2.69. The van der Waals surface area contributed by atoms with Gasteiger partial charge in [-0.15, -0.1) is 0 Å². The average Bonchev–Trinajstić information content (AvgIpc) is 2.17. The molecule has 2 aliphatic rings. The second-order valence-corrected chi connectivity index (χ2v) is 4.35. The van der Waals surface area contributed by atoms with E-state index in [4.69, 9.17) is 5.73 Å². The largest absolute Gasteiger partial charge is 0.350 e. The lowest BCUT2D eigenvalue weighted by atomic mass is 9.71. The maximum atomic E-state index is 10.5. The number of hydrogen-bond donors (Lipinski definition) is 2. The first-order valence-corrected chi connectivity index (χ1v) is 5.37. The molecule has 2 amide bonds. The van der Waals surface area contributed by atoms with Gasteiger partial charge in [-0.3, -0.25) is 0 Å². The highest BCUT2D eigenvalue weighted by Gasteiger charge is 2.30. The van der Waals surface area contributed by atoms with Crippen LogP contribution in [-0.4, -0.2) is 11.7 Å². The monoisotopic (exact) mass is 195 g/mol. The molecule has 0 aromatic rings. The summed E-state index contributed by atoms with van der Waals surface area (Å²) in [6, 6.07) is -0.560. The summed E-state index contributed by atoms with van der Waals surface area (Å²) >= 11 is 0. The molecule has 0 aromatic carbocycles. The van der Waals surface area contributed by atoms with Gasteiger partial charge in [0.2, 0.25) is 0 Å². The molecule has 0 radical (unpaired) electrons. The van der Waals surface area contributed by atoms with Gasteiger partial charge in [0.15, 0.2) is 0 Å². The molecule has 0 spiro atoms. The SMILES string of the molecule is NC(=O)NN=C1CC[C@H]2CCC[C@@H]1C2. The van der Waals surface area contributed by atoms with Gasteiger partial charge < -0.3 is 5.73 Å². The van der Waals surface area contributed by atoms with Crippen molar-refractivity contribution in [1.29, 1.82) is 0 Å². The van der Waals surface area contributed by atoms with Crippen molar-refractivity contribution in [1.82, 2.24) is 5.43 Å². The van der Waals surface area contributed by atoms with Crippen LogP contribution in [0.1, 0.15) is 38.5 Å². The van der Waals surface area contributed by atoms with Crippen LogP contribution in [0.4, 0.5) is 4.79 Å². The number of rotatable bonds is 1. The Morgan fingerprint density at radius 2 is 2.29 bits per heavy atom. The van der Waals surface area contributed by atoms with Crippen LogP contribution < -0.4 is 11.2 Å². The summed E-state index contributed by atoms with van der Waals surface area (Å²) in [5.41, 5.74) is 8.48. The van der Waals surface area contributed by atoms with Gasteiger partial charge >= 0.3 is 6.03 Å². The molecule has 2 atom stereocenters. The van der Waals surface area contributed by atoms with Crippen LogP contribution in [0, 0.1) is 11.8 Å². The molecule has 2 saturated carbocycles. The van der Waals surface area contributed by atoms with Crippen LogP contribution in [0.5, 0.6) is 0 Å². The van der Waals surface area contributed by atoms with E-state index in [0.29, 0.717) is 5.92 Å². The molecule has 4 nitrogen and oxygen atoms in total. The number of urea groups is 1. The van der Waals surface area contributed by atoms with E-state index >= 15 is 0 Å². The molecule has 0 aliphatic heterocycles. The maximum Gasteiger partial charge on any atom is 0.332 e. The van der Waals surface area contributed by atoms with Gasteiger partial charge in [0.1, 0.15) is 0 Å². The molecular weight excluding hydrogens is 178 g/mol. The van der Waals surface area contributed by atoms with Gasteiger partial charge in [0.25, 0.3) is 0 Å². The number of nitrogens with zero attached hydrogens (tertiary/aromatic N) is 1. The average molecular weight is 195 g/mol. The summed E-state index contributed by atoms with van der Waals surface area (Å²) in [5, 5.41) is 4.10. The molecule has 0 heterocycles. The highest BCUT2D eigenvalue weighted by atomic mass is 16.2. The molecule has 0 unspecified atom stereocenters. The lowest BCUT2D eigenvalue weighted by molar-refractivity contribution is 0.248. The predicted octanol–water partition coefficient (Wildman–Crippen LogP) is 1.61. The fourth-order valence-electron chi connectivity index (χ4n) is 2.69. The Bertz CT molecular complexity index is 262. The van der Waals surface area contributed by atoms with Crippen LogP contribution in [0.2, 0.25) is 0 Å². The number of hydrazone groups is 1. The maximum absolute atomic E-state index is 10.5. The van der Waals surface area contributed by atoms with Gasteiger partial charge in [-0.1, -0.05) is 12.8 Å². The Hall–Kier alpha value is -1.06. The van der Waals surface area contributed by atoms with Crippen molar-refractivity contribution in [3.63, 3.8) is 0 Å². The van der Waals surface area contributed by atoms with E-state index in [1.165, 1.54) is 32.1 Å². The number of nitrogens with two attached hydrogens (primary N) is 1. The molecule has 0 aromatic heterocycles. The van der Waals surface area contributed by atoms with E-state index in [0.717, 1.165) is 18.1 Å². The second-order valence-electron chi connectivity index (χ2n) is 4.35. The Morgan fingerprint density at radius 1 is 1.43 bits per heavy atom. The number of amides is 2. The van der Waals surface area contributed by atoms with Gasteiger partial charge in [-0.25, -0.2) is 10.2 Å². The molecular formula is C10H17N3O. The minimum atomic E-state index is -0.560. The highest BCUT2D eigenvalue weighted by molar-refractivity contribution is 5.88. The highest BCUT2D eigenvalue weighted by Crippen LogP contribution is 2.38.